The van der Waals surface area contributed by atoms with Gasteiger partial charge in [0.05, 0.1) is 37.6 Å². The van der Waals surface area contributed by atoms with Crippen molar-refractivity contribution in [2.24, 2.45) is 0 Å². The summed E-state index contributed by atoms with van der Waals surface area (Å²) < 4.78 is 53.2. The number of morpholine rings is 1. The van der Waals surface area contributed by atoms with Gasteiger partial charge in [0.2, 0.25) is 16.0 Å². The average molecular weight is 559 g/mol. The van der Waals surface area contributed by atoms with E-state index in [4.69, 9.17) is 14.5 Å². The molecule has 0 aliphatic carbocycles. The third-order valence-corrected chi connectivity index (χ3v) is 7.76. The fourth-order valence-corrected chi connectivity index (χ4v) is 5.19. The van der Waals surface area contributed by atoms with E-state index in [-0.39, 0.29) is 17.3 Å². The Hall–Kier alpha value is -3.16. The summed E-state index contributed by atoms with van der Waals surface area (Å²) in [7, 11) is 1.74. The maximum atomic E-state index is 14.4. The van der Waals surface area contributed by atoms with Gasteiger partial charge in [0.1, 0.15) is 0 Å². The first-order valence-electron chi connectivity index (χ1n) is 12.8. The zero-order chi connectivity index (χ0) is 27.8. The number of nitrogens with one attached hydrogen (secondary N) is 1. The Morgan fingerprint density at radius 2 is 1.82 bits per heavy atom. The van der Waals surface area contributed by atoms with Gasteiger partial charge in [-0.25, -0.2) is 22.8 Å². The molecule has 1 saturated heterocycles. The summed E-state index contributed by atoms with van der Waals surface area (Å²) in [6.45, 7) is 4.24. The lowest BCUT2D eigenvalue weighted by molar-refractivity contribution is 0.0371. The van der Waals surface area contributed by atoms with Crippen molar-refractivity contribution in [3.8, 4) is 17.0 Å². The summed E-state index contributed by atoms with van der Waals surface area (Å²) in [5.74, 6) is 0.119. The fraction of sp³-hybridized carbons (Fsp3) is 0.407. The first-order chi connectivity index (χ1) is 18.8. The van der Waals surface area contributed by atoms with Crippen LogP contribution in [0, 0.1) is 5.82 Å². The van der Waals surface area contributed by atoms with E-state index in [1.165, 1.54) is 13.2 Å². The molecule has 0 amide bonds. The molecular formula is C27H35FN6O4S. The Labute approximate surface area is 229 Å². The van der Waals surface area contributed by atoms with E-state index in [0.717, 1.165) is 18.7 Å². The molecule has 12 heteroatoms. The molecule has 2 aromatic carbocycles. The summed E-state index contributed by atoms with van der Waals surface area (Å²) in [6, 6.07) is 13.1. The van der Waals surface area contributed by atoms with Crippen molar-refractivity contribution in [1.29, 1.82) is 0 Å². The van der Waals surface area contributed by atoms with Crippen molar-refractivity contribution in [2.45, 2.75) is 11.3 Å². The van der Waals surface area contributed by atoms with Gasteiger partial charge in [-0.05, 0) is 75.6 Å². The molecule has 2 heterocycles. The van der Waals surface area contributed by atoms with E-state index in [2.05, 4.69) is 14.6 Å². The zero-order valence-corrected chi connectivity index (χ0v) is 23.3. The number of rotatable bonds is 12. The quantitative estimate of drug-likeness (QED) is 0.360. The minimum Gasteiger partial charge on any atom is -0.494 e. The van der Waals surface area contributed by atoms with E-state index >= 15 is 0 Å². The largest absolute Gasteiger partial charge is 0.494 e. The maximum absolute atomic E-state index is 14.4. The van der Waals surface area contributed by atoms with Crippen LogP contribution < -0.4 is 14.4 Å². The molecule has 210 valence electrons. The number of halogens is 1. The number of ether oxygens (including phenoxy) is 2. The van der Waals surface area contributed by atoms with Crippen LogP contribution in [-0.2, 0) is 14.8 Å². The SMILES string of the molecule is COc1ccc(-c2ccnc(N(CCCN(C)C)c3ccc(S(=O)(=O)NCN4CCOCC4)cc3)n2)cc1F. The summed E-state index contributed by atoms with van der Waals surface area (Å²) >= 11 is 0. The predicted molar refractivity (Wildman–Crippen MR) is 148 cm³/mol. The first-order valence-corrected chi connectivity index (χ1v) is 14.2. The lowest BCUT2D eigenvalue weighted by atomic mass is 10.1. The van der Waals surface area contributed by atoms with E-state index in [0.29, 0.717) is 50.1 Å². The van der Waals surface area contributed by atoms with Crippen molar-refractivity contribution in [3.05, 3.63) is 60.5 Å². The van der Waals surface area contributed by atoms with Crippen LogP contribution in [-0.4, -0.2) is 95.5 Å². The number of methoxy groups -OCH3 is 1. The van der Waals surface area contributed by atoms with Crippen LogP contribution in [0.25, 0.3) is 11.3 Å². The average Bonchev–Trinajstić information content (AvgIpc) is 2.95. The second-order valence-electron chi connectivity index (χ2n) is 9.43. The molecule has 1 N–H and O–H groups in total. The highest BCUT2D eigenvalue weighted by atomic mass is 32.2. The van der Waals surface area contributed by atoms with E-state index in [1.54, 1.807) is 48.7 Å². The van der Waals surface area contributed by atoms with Crippen LogP contribution in [0.3, 0.4) is 0 Å². The van der Waals surface area contributed by atoms with Gasteiger partial charge in [-0.1, -0.05) is 0 Å². The molecule has 1 aromatic heterocycles. The summed E-state index contributed by atoms with van der Waals surface area (Å²) in [4.78, 5) is 15.4. The molecule has 0 atom stereocenters. The third-order valence-electron chi connectivity index (χ3n) is 6.36. The normalized spacial score (nSPS) is 14.5. The van der Waals surface area contributed by atoms with Gasteiger partial charge in [-0.2, -0.15) is 4.72 Å². The monoisotopic (exact) mass is 558 g/mol. The topological polar surface area (TPSA) is 100 Å². The van der Waals surface area contributed by atoms with Crippen LogP contribution in [0.15, 0.2) is 59.6 Å². The Morgan fingerprint density at radius 3 is 2.49 bits per heavy atom. The Kier molecular flexibility index (Phi) is 9.81. The number of hydrogen-bond acceptors (Lipinski definition) is 9. The molecule has 0 saturated carbocycles. The summed E-state index contributed by atoms with van der Waals surface area (Å²) in [5.41, 5.74) is 1.91. The molecule has 0 spiro atoms. The van der Waals surface area contributed by atoms with Crippen molar-refractivity contribution < 1.29 is 22.3 Å². The van der Waals surface area contributed by atoms with Crippen LogP contribution in [0.4, 0.5) is 16.0 Å². The zero-order valence-electron chi connectivity index (χ0n) is 22.5. The lowest BCUT2D eigenvalue weighted by Gasteiger charge is -2.26. The standard InChI is InChI=1S/C27H35FN6O4S/c1-32(2)13-4-14-34(27-29-12-11-25(31-27)21-5-10-26(37-3)24(28)19-21)22-6-8-23(9-7-22)39(35,36)30-20-33-15-17-38-18-16-33/h5-12,19,30H,4,13-18,20H2,1-3H3. The summed E-state index contributed by atoms with van der Waals surface area (Å²) in [5, 5.41) is 0. The van der Waals surface area contributed by atoms with Crippen LogP contribution in [0.5, 0.6) is 5.75 Å². The second kappa shape index (κ2) is 13.3. The smallest absolute Gasteiger partial charge is 0.241 e. The number of aromatic nitrogens is 2. The molecule has 1 aliphatic heterocycles. The maximum Gasteiger partial charge on any atom is 0.241 e. The Morgan fingerprint density at radius 1 is 1.08 bits per heavy atom. The molecule has 4 rings (SSSR count). The number of nitrogens with zero attached hydrogens (tertiary/aromatic N) is 5. The van der Waals surface area contributed by atoms with Crippen LogP contribution >= 0.6 is 0 Å². The van der Waals surface area contributed by atoms with E-state index < -0.39 is 15.8 Å². The van der Waals surface area contributed by atoms with Gasteiger partial charge in [0, 0.05) is 37.1 Å². The van der Waals surface area contributed by atoms with Gasteiger partial charge in [0.25, 0.3) is 0 Å². The fourth-order valence-electron chi connectivity index (χ4n) is 4.18. The van der Waals surface area contributed by atoms with Crippen molar-refractivity contribution in [3.63, 3.8) is 0 Å². The number of hydrogen-bond donors (Lipinski definition) is 1. The van der Waals surface area contributed by atoms with Crippen molar-refractivity contribution >= 4 is 21.7 Å². The van der Waals surface area contributed by atoms with Gasteiger partial charge in [-0.15, -0.1) is 0 Å². The Balaban J connectivity index is 1.56. The molecule has 1 fully saturated rings. The van der Waals surface area contributed by atoms with Gasteiger partial charge >= 0.3 is 0 Å². The highest BCUT2D eigenvalue weighted by Gasteiger charge is 2.19. The highest BCUT2D eigenvalue weighted by molar-refractivity contribution is 7.89. The van der Waals surface area contributed by atoms with E-state index in [9.17, 15) is 12.8 Å². The molecule has 0 bridgehead atoms. The highest BCUT2D eigenvalue weighted by Crippen LogP contribution is 2.28. The Bertz CT molecular complexity index is 1330. The third kappa shape index (κ3) is 7.70. The molecule has 39 heavy (non-hydrogen) atoms. The van der Waals surface area contributed by atoms with Crippen molar-refractivity contribution in [2.75, 3.05) is 72.2 Å². The second-order valence-corrected chi connectivity index (χ2v) is 11.2. The van der Waals surface area contributed by atoms with Gasteiger partial charge in [0.15, 0.2) is 11.6 Å². The molecule has 0 radical (unpaired) electrons. The van der Waals surface area contributed by atoms with Gasteiger partial charge < -0.3 is 19.3 Å². The lowest BCUT2D eigenvalue weighted by Crippen LogP contribution is -2.43. The minimum absolute atomic E-state index is 0.160. The molecular weight excluding hydrogens is 523 g/mol. The predicted octanol–water partition coefficient (Wildman–Crippen LogP) is 2.95. The number of anilines is 2. The summed E-state index contributed by atoms with van der Waals surface area (Å²) in [6.07, 6.45) is 2.45. The molecule has 10 nitrogen and oxygen atoms in total. The molecule has 1 aliphatic rings. The number of benzene rings is 2. The minimum atomic E-state index is -3.68. The number of sulfonamides is 1. The van der Waals surface area contributed by atoms with Crippen LogP contribution in [0.1, 0.15) is 6.42 Å². The van der Waals surface area contributed by atoms with Crippen molar-refractivity contribution in [1.82, 2.24) is 24.5 Å². The molecule has 3 aromatic rings. The molecule has 0 unspecified atom stereocenters. The van der Waals surface area contributed by atoms with Crippen LogP contribution in [0.2, 0.25) is 0 Å². The van der Waals surface area contributed by atoms with E-state index in [1.807, 2.05) is 23.9 Å². The first kappa shape index (κ1) is 28.8. The van der Waals surface area contributed by atoms with Gasteiger partial charge in [-0.3, -0.25) is 4.90 Å².